The van der Waals surface area contributed by atoms with Crippen molar-refractivity contribution in [1.82, 2.24) is 5.32 Å². The van der Waals surface area contributed by atoms with Crippen LogP contribution in [0.1, 0.15) is 38.9 Å². The van der Waals surface area contributed by atoms with Crippen LogP contribution in [-0.4, -0.2) is 39.9 Å². The molecule has 1 aromatic carbocycles. The lowest BCUT2D eigenvalue weighted by Gasteiger charge is -2.42. The molecule has 1 aromatic rings. The summed E-state index contributed by atoms with van der Waals surface area (Å²) in [5.74, 6) is 0.930. The molecule has 2 saturated heterocycles. The first-order chi connectivity index (χ1) is 12.2. The topological polar surface area (TPSA) is 47.6 Å². The molecule has 2 aliphatic heterocycles. The third-order valence-corrected chi connectivity index (χ3v) is 7.56. The molecule has 4 nitrogen and oxygen atoms in total. The van der Waals surface area contributed by atoms with Crippen LogP contribution in [0, 0.1) is 11.6 Å². The van der Waals surface area contributed by atoms with E-state index in [-0.39, 0.29) is 9.64 Å². The van der Waals surface area contributed by atoms with E-state index in [9.17, 15) is 13.6 Å². The van der Waals surface area contributed by atoms with Crippen molar-refractivity contribution < 1.29 is 23.0 Å². The maximum Gasteiger partial charge on any atom is 0.407 e. The summed E-state index contributed by atoms with van der Waals surface area (Å²) in [4.78, 5) is 12.3. The average molecular weight is 404 g/mol. The van der Waals surface area contributed by atoms with E-state index in [2.05, 4.69) is 5.32 Å². The van der Waals surface area contributed by atoms with E-state index in [0.29, 0.717) is 13.0 Å². The molecule has 2 aliphatic rings. The van der Waals surface area contributed by atoms with E-state index >= 15 is 0 Å². The van der Waals surface area contributed by atoms with Crippen LogP contribution in [0.3, 0.4) is 0 Å². The van der Waals surface area contributed by atoms with Gasteiger partial charge < -0.3 is 14.8 Å². The second-order valence-corrected chi connectivity index (χ2v) is 10.7. The molecule has 0 aromatic heterocycles. The number of nitrogens with one attached hydrogen (secondary N) is 1. The molecular weight excluding hydrogens is 380 g/mol. The maximum absolute atomic E-state index is 14.3. The molecule has 0 bridgehead atoms. The lowest BCUT2D eigenvalue weighted by Crippen LogP contribution is -2.50. The van der Waals surface area contributed by atoms with Crippen LogP contribution in [0.15, 0.2) is 18.2 Å². The monoisotopic (exact) mass is 403 g/mol. The Balaban J connectivity index is 1.84. The number of ether oxygens (including phenoxy) is 2. The molecular formula is C18H23F2NO3S2. The minimum Gasteiger partial charge on any atom is -0.444 e. The number of hydrogen-bond acceptors (Lipinski definition) is 5. The predicted molar refractivity (Wildman–Crippen MR) is 100 cm³/mol. The Morgan fingerprint density at radius 1 is 1.31 bits per heavy atom. The quantitative estimate of drug-likeness (QED) is 0.788. The van der Waals surface area contributed by atoms with Crippen LogP contribution >= 0.6 is 23.5 Å². The standard InChI is InChI=1S/C18H23F2NO3S2/c1-17(2,3)24-16(22)21-14-9-18(25-6-7-26-18)10-23-15(14)12-8-11(19)4-5-13(12)20/h4-5,8,14-15H,6-7,9-10H2,1-3H3,(H,21,22)/t14-,15+/m0/s1. The molecule has 2 atom stereocenters. The lowest BCUT2D eigenvalue weighted by atomic mass is 9.95. The van der Waals surface area contributed by atoms with Crippen LogP contribution in [-0.2, 0) is 9.47 Å². The number of halogens is 2. The number of thioether (sulfide) groups is 2. The van der Waals surface area contributed by atoms with Crippen molar-refractivity contribution in [3.8, 4) is 0 Å². The minimum absolute atomic E-state index is 0.119. The highest BCUT2D eigenvalue weighted by Crippen LogP contribution is 2.52. The van der Waals surface area contributed by atoms with Gasteiger partial charge in [0.15, 0.2) is 0 Å². The van der Waals surface area contributed by atoms with Gasteiger partial charge in [0.25, 0.3) is 0 Å². The van der Waals surface area contributed by atoms with E-state index in [1.54, 1.807) is 44.3 Å². The largest absolute Gasteiger partial charge is 0.444 e. The van der Waals surface area contributed by atoms with Crippen molar-refractivity contribution in [2.45, 2.75) is 49.0 Å². The SMILES string of the molecule is CC(C)(C)OC(=O)N[C@H]1CC2(CO[C@@H]1c1cc(F)ccc1F)SCCS2. The van der Waals surface area contributed by atoms with Gasteiger partial charge >= 0.3 is 6.09 Å². The first-order valence-electron chi connectivity index (χ1n) is 8.51. The zero-order chi connectivity index (χ0) is 18.9. The summed E-state index contributed by atoms with van der Waals surface area (Å²) >= 11 is 3.58. The highest BCUT2D eigenvalue weighted by atomic mass is 32.2. The fourth-order valence-corrected chi connectivity index (χ4v) is 6.30. The Morgan fingerprint density at radius 3 is 2.65 bits per heavy atom. The minimum atomic E-state index is -0.759. The van der Waals surface area contributed by atoms with Crippen LogP contribution in [0.5, 0.6) is 0 Å². The second kappa shape index (κ2) is 7.56. The zero-order valence-electron chi connectivity index (χ0n) is 15.0. The molecule has 2 fully saturated rings. The Bertz CT molecular complexity index is 675. The molecule has 1 spiro atoms. The van der Waals surface area contributed by atoms with Gasteiger partial charge in [-0.3, -0.25) is 0 Å². The van der Waals surface area contributed by atoms with Crippen molar-refractivity contribution >= 4 is 29.6 Å². The maximum atomic E-state index is 14.3. The van der Waals surface area contributed by atoms with Crippen molar-refractivity contribution in [3.63, 3.8) is 0 Å². The number of amides is 1. The van der Waals surface area contributed by atoms with Crippen LogP contribution in [0.2, 0.25) is 0 Å². The van der Waals surface area contributed by atoms with Gasteiger partial charge in [-0.05, 0) is 45.4 Å². The lowest BCUT2D eigenvalue weighted by molar-refractivity contribution is -0.0198. The van der Waals surface area contributed by atoms with Crippen LogP contribution < -0.4 is 5.32 Å². The van der Waals surface area contributed by atoms with Crippen molar-refractivity contribution in [1.29, 1.82) is 0 Å². The number of rotatable bonds is 2. The molecule has 1 N–H and O–H groups in total. The second-order valence-electron chi connectivity index (χ2n) is 7.46. The molecule has 1 amide bonds. The van der Waals surface area contributed by atoms with Crippen LogP contribution in [0.4, 0.5) is 13.6 Å². The van der Waals surface area contributed by atoms with E-state index in [0.717, 1.165) is 29.7 Å². The number of benzene rings is 1. The molecule has 2 heterocycles. The summed E-state index contributed by atoms with van der Waals surface area (Å²) in [7, 11) is 0. The van der Waals surface area contributed by atoms with Crippen molar-refractivity contribution in [2.24, 2.45) is 0 Å². The van der Waals surface area contributed by atoms with Gasteiger partial charge in [0.2, 0.25) is 0 Å². The highest BCUT2D eigenvalue weighted by molar-refractivity contribution is 8.21. The first kappa shape index (κ1) is 19.8. The molecule has 8 heteroatoms. The van der Waals surface area contributed by atoms with E-state index < -0.39 is 35.5 Å². The fourth-order valence-electron chi connectivity index (χ4n) is 3.16. The summed E-state index contributed by atoms with van der Waals surface area (Å²) in [6.45, 7) is 5.75. The van der Waals surface area contributed by atoms with Gasteiger partial charge in [-0.15, -0.1) is 23.5 Å². The average Bonchev–Trinajstić information content (AvgIpc) is 2.96. The van der Waals surface area contributed by atoms with Gasteiger partial charge in [0, 0.05) is 17.1 Å². The fraction of sp³-hybridized carbons (Fsp3) is 0.611. The van der Waals surface area contributed by atoms with Gasteiger partial charge in [0.05, 0.1) is 16.7 Å². The molecule has 26 heavy (non-hydrogen) atoms. The van der Waals surface area contributed by atoms with Gasteiger partial charge in [-0.2, -0.15) is 0 Å². The van der Waals surface area contributed by atoms with Crippen LogP contribution in [0.25, 0.3) is 0 Å². The number of hydrogen-bond donors (Lipinski definition) is 1. The highest BCUT2D eigenvalue weighted by Gasteiger charge is 2.46. The third kappa shape index (κ3) is 4.64. The van der Waals surface area contributed by atoms with E-state index in [4.69, 9.17) is 9.47 Å². The summed E-state index contributed by atoms with van der Waals surface area (Å²) in [5.41, 5.74) is -0.526. The molecule has 0 radical (unpaired) electrons. The Hall–Kier alpha value is -0.990. The Kier molecular flexibility index (Phi) is 5.75. The number of carbonyl (C=O) groups is 1. The van der Waals surface area contributed by atoms with Gasteiger partial charge in [0.1, 0.15) is 23.3 Å². The van der Waals surface area contributed by atoms with Gasteiger partial charge in [-0.25, -0.2) is 13.6 Å². The van der Waals surface area contributed by atoms with Gasteiger partial charge in [-0.1, -0.05) is 0 Å². The summed E-state index contributed by atoms with van der Waals surface area (Å²) in [6, 6.07) is 2.79. The van der Waals surface area contributed by atoms with E-state index in [1.807, 2.05) is 0 Å². The number of alkyl carbamates (subject to hydrolysis) is 1. The molecule has 0 saturated carbocycles. The Morgan fingerprint density at radius 2 is 2.00 bits per heavy atom. The van der Waals surface area contributed by atoms with Crippen molar-refractivity contribution in [2.75, 3.05) is 18.1 Å². The number of carbonyl (C=O) groups excluding carboxylic acids is 1. The summed E-state index contributed by atoms with van der Waals surface area (Å²) in [6.07, 6.45) is -0.744. The normalized spacial score (nSPS) is 25.3. The molecule has 3 rings (SSSR count). The smallest absolute Gasteiger partial charge is 0.407 e. The zero-order valence-corrected chi connectivity index (χ0v) is 16.6. The van der Waals surface area contributed by atoms with E-state index in [1.165, 1.54) is 0 Å². The first-order valence-corrected chi connectivity index (χ1v) is 10.5. The summed E-state index contributed by atoms with van der Waals surface area (Å²) < 4.78 is 39.1. The summed E-state index contributed by atoms with van der Waals surface area (Å²) in [5, 5.41) is 2.82. The molecule has 144 valence electrons. The molecule has 0 aliphatic carbocycles. The third-order valence-electron chi connectivity index (χ3n) is 4.16. The Labute approximate surface area is 160 Å². The molecule has 0 unspecified atom stereocenters. The predicted octanol–water partition coefficient (Wildman–Crippen LogP) is 4.50. The van der Waals surface area contributed by atoms with Crippen molar-refractivity contribution in [3.05, 3.63) is 35.4 Å².